The normalized spacial score (nSPS) is 28.5. The minimum absolute atomic E-state index is 0.0294. The number of nitrogens with one attached hydrogen (secondary N) is 1. The second-order valence-electron chi connectivity index (χ2n) is 14.0. The Labute approximate surface area is 267 Å². The molecule has 250 valence electrons. The van der Waals surface area contributed by atoms with Gasteiger partial charge in [-0.25, -0.2) is 18.2 Å². The van der Waals surface area contributed by atoms with Crippen LogP contribution < -0.4 is 20.7 Å². The lowest BCUT2D eigenvalue weighted by molar-refractivity contribution is -0.137. The molecule has 8 nitrogen and oxygen atoms in total. The first-order chi connectivity index (χ1) is 22.4. The number of nitrogens with two attached hydrogens (primary N) is 1. The van der Waals surface area contributed by atoms with E-state index >= 15 is 8.78 Å². The van der Waals surface area contributed by atoms with Crippen molar-refractivity contribution in [3.05, 3.63) is 46.8 Å². The number of pyridine rings is 1. The highest BCUT2D eigenvalue weighted by Gasteiger charge is 2.53. The number of rotatable bonds is 6. The average molecular weight is 660 g/mol. The molecule has 3 atom stereocenters. The summed E-state index contributed by atoms with van der Waals surface area (Å²) in [6.07, 6.45) is 1.93. The number of nitrogen functional groups attached to an aromatic ring is 1. The van der Waals surface area contributed by atoms with Crippen molar-refractivity contribution in [2.75, 3.05) is 43.4 Å². The van der Waals surface area contributed by atoms with E-state index in [1.54, 1.807) is 0 Å². The van der Waals surface area contributed by atoms with Crippen molar-refractivity contribution in [1.29, 1.82) is 0 Å². The van der Waals surface area contributed by atoms with Gasteiger partial charge in [-0.1, -0.05) is 0 Å². The van der Waals surface area contributed by atoms with Crippen molar-refractivity contribution in [1.82, 2.24) is 25.2 Å². The number of fused-ring (bicyclic) bond motifs is 4. The summed E-state index contributed by atoms with van der Waals surface area (Å²) in [4.78, 5) is 17.0. The minimum atomic E-state index is -4.96. The molecule has 2 bridgehead atoms. The Hall–Kier alpha value is -3.65. The highest BCUT2D eigenvalue weighted by molar-refractivity contribution is 5.94. The topological polar surface area (TPSA) is 92.4 Å². The van der Waals surface area contributed by atoms with Crippen LogP contribution in [0.1, 0.15) is 56.1 Å². The summed E-state index contributed by atoms with van der Waals surface area (Å²) in [5.41, 5.74) is 1.94. The van der Waals surface area contributed by atoms with Crippen LogP contribution in [0, 0.1) is 24.5 Å². The summed E-state index contributed by atoms with van der Waals surface area (Å²) < 4.78 is 95.2. The molecule has 4 saturated heterocycles. The summed E-state index contributed by atoms with van der Waals surface area (Å²) in [6.45, 7) is 3.63. The van der Waals surface area contributed by atoms with Gasteiger partial charge >= 0.3 is 12.2 Å². The molecule has 1 aliphatic carbocycles. The molecule has 0 radical (unpaired) electrons. The number of ether oxygens (including phenoxy) is 1. The molecule has 5 aliphatic rings. The Morgan fingerprint density at radius 1 is 1.13 bits per heavy atom. The highest BCUT2D eigenvalue weighted by atomic mass is 19.4. The van der Waals surface area contributed by atoms with E-state index in [4.69, 9.17) is 15.5 Å². The molecule has 4 aliphatic heterocycles. The van der Waals surface area contributed by atoms with Crippen LogP contribution in [-0.4, -0.2) is 69.8 Å². The highest BCUT2D eigenvalue weighted by Crippen LogP contribution is 2.49. The van der Waals surface area contributed by atoms with E-state index in [1.807, 2.05) is 4.90 Å². The second-order valence-corrected chi connectivity index (χ2v) is 14.0. The predicted octanol–water partition coefficient (Wildman–Crippen LogP) is 6.07. The molecule has 47 heavy (non-hydrogen) atoms. The molecular weight excluding hydrogens is 624 g/mol. The average Bonchev–Trinajstić information content (AvgIpc) is 3.62. The first-order valence-corrected chi connectivity index (χ1v) is 16.1. The number of halogens is 6. The van der Waals surface area contributed by atoms with Crippen molar-refractivity contribution in [2.24, 2.45) is 5.92 Å². The zero-order chi connectivity index (χ0) is 32.9. The minimum Gasteiger partial charge on any atom is -0.461 e. The molecule has 3 aromatic rings. The summed E-state index contributed by atoms with van der Waals surface area (Å²) >= 11 is 0. The fourth-order valence-electron chi connectivity index (χ4n) is 8.73. The maximum absolute atomic E-state index is 16.7. The van der Waals surface area contributed by atoms with Gasteiger partial charge in [0, 0.05) is 36.6 Å². The van der Waals surface area contributed by atoms with Gasteiger partial charge in [-0.15, -0.1) is 0 Å². The van der Waals surface area contributed by atoms with Crippen LogP contribution in [0.4, 0.5) is 38.0 Å². The molecule has 1 aromatic carbocycles. The molecule has 5 fully saturated rings. The third-order valence-corrected chi connectivity index (χ3v) is 10.9. The molecule has 2 aromatic heterocycles. The van der Waals surface area contributed by atoms with Crippen molar-refractivity contribution in [3.8, 4) is 17.3 Å². The number of hydrogen-bond donors (Lipinski definition) is 2. The molecule has 0 unspecified atom stereocenters. The van der Waals surface area contributed by atoms with Crippen molar-refractivity contribution in [2.45, 2.75) is 75.2 Å². The third kappa shape index (κ3) is 5.01. The monoisotopic (exact) mass is 659 g/mol. The third-order valence-electron chi connectivity index (χ3n) is 10.9. The van der Waals surface area contributed by atoms with Crippen LogP contribution in [0.25, 0.3) is 22.2 Å². The Morgan fingerprint density at radius 3 is 2.68 bits per heavy atom. The van der Waals surface area contributed by atoms with Gasteiger partial charge in [0.25, 0.3) is 0 Å². The lowest BCUT2D eigenvalue weighted by Gasteiger charge is -2.42. The van der Waals surface area contributed by atoms with Crippen molar-refractivity contribution in [3.63, 3.8) is 0 Å². The summed E-state index contributed by atoms with van der Waals surface area (Å²) in [5.74, 6) is -2.10. The fourth-order valence-corrected chi connectivity index (χ4v) is 8.73. The largest absolute Gasteiger partial charge is 0.461 e. The van der Waals surface area contributed by atoms with Crippen LogP contribution in [0.5, 0.6) is 6.01 Å². The van der Waals surface area contributed by atoms with Crippen LogP contribution in [-0.2, 0) is 6.18 Å². The van der Waals surface area contributed by atoms with Gasteiger partial charge in [0.05, 0.1) is 28.7 Å². The Bertz CT molecular complexity index is 1810. The molecule has 8 rings (SSSR count). The number of benzene rings is 1. The summed E-state index contributed by atoms with van der Waals surface area (Å²) in [5, 5.41) is 3.81. The first-order valence-electron chi connectivity index (χ1n) is 16.1. The molecule has 6 heterocycles. The molecule has 3 N–H and O–H groups in total. The SMILES string of the molecule is Cc1cc(N)nc(-c2c(F)cc3c(N4C[C@@H]5CC[C@](C6CC6)(C4)N5)nc(OC[C@@]45CCCN4C/C(=C/F)C5)nc3c2F)c1C(F)(F)F. The predicted molar refractivity (Wildman–Crippen MR) is 164 cm³/mol. The van der Waals surface area contributed by atoms with E-state index in [0.717, 1.165) is 57.2 Å². The lowest BCUT2D eigenvalue weighted by Crippen LogP contribution is -2.61. The number of piperazine rings is 1. The van der Waals surface area contributed by atoms with Gasteiger partial charge in [0.2, 0.25) is 0 Å². The molecule has 1 saturated carbocycles. The van der Waals surface area contributed by atoms with Gasteiger partial charge in [0.15, 0.2) is 5.82 Å². The Morgan fingerprint density at radius 2 is 1.94 bits per heavy atom. The van der Waals surface area contributed by atoms with Gasteiger partial charge < -0.3 is 20.7 Å². The molecule has 0 spiro atoms. The van der Waals surface area contributed by atoms with Crippen molar-refractivity contribution >= 4 is 22.5 Å². The quantitative estimate of drug-likeness (QED) is 0.308. The fraction of sp³-hybridized carbons (Fsp3) is 0.545. The van der Waals surface area contributed by atoms with Gasteiger partial charge in [-0.3, -0.25) is 4.90 Å². The Balaban J connectivity index is 1.27. The van der Waals surface area contributed by atoms with E-state index < -0.39 is 40.2 Å². The van der Waals surface area contributed by atoms with E-state index in [2.05, 4.69) is 20.2 Å². The second kappa shape index (κ2) is 10.7. The lowest BCUT2D eigenvalue weighted by atomic mass is 9.90. The maximum atomic E-state index is 16.7. The van der Waals surface area contributed by atoms with Crippen LogP contribution in [0.2, 0.25) is 0 Å². The molecular formula is C33H35F6N7O. The van der Waals surface area contributed by atoms with Crippen LogP contribution >= 0.6 is 0 Å². The standard InChI is InChI=1S/C33H35F6N7O/c1-17-9-23(40)41-28(25(17)33(37,38)39)24-22(35)10-21-27(26(24)36)42-30(47-16-31-6-2-8-46(31)13-18(11-31)12-34)43-29(21)45-14-20-5-7-32(15-45,44-20)19-3-4-19/h9-10,12,19-20,44H,2-8,11,13-16H2,1H3,(H2,40,41)/b18-12+/t20-,31-,32+/m0/s1. The molecule has 0 amide bonds. The Kier molecular flexibility index (Phi) is 6.97. The zero-order valence-electron chi connectivity index (χ0n) is 25.9. The number of nitrogens with zero attached hydrogens (tertiary/aromatic N) is 5. The van der Waals surface area contributed by atoms with Gasteiger partial charge in [-0.2, -0.15) is 23.1 Å². The maximum Gasteiger partial charge on any atom is 0.418 e. The number of aromatic nitrogens is 3. The number of anilines is 2. The molecule has 14 heteroatoms. The van der Waals surface area contributed by atoms with E-state index in [9.17, 15) is 17.6 Å². The van der Waals surface area contributed by atoms with Gasteiger partial charge in [-0.05, 0) is 87.6 Å². The van der Waals surface area contributed by atoms with E-state index in [1.165, 1.54) is 6.92 Å². The summed E-state index contributed by atoms with van der Waals surface area (Å²) in [6, 6.07) is 1.98. The number of aryl methyl sites for hydroxylation is 1. The van der Waals surface area contributed by atoms with E-state index in [0.29, 0.717) is 43.9 Å². The smallest absolute Gasteiger partial charge is 0.418 e. The van der Waals surface area contributed by atoms with Gasteiger partial charge in [0.1, 0.15) is 29.6 Å². The first kappa shape index (κ1) is 30.7. The zero-order valence-corrected chi connectivity index (χ0v) is 25.9. The van der Waals surface area contributed by atoms with Crippen LogP contribution in [0.15, 0.2) is 24.0 Å². The van der Waals surface area contributed by atoms with Crippen molar-refractivity contribution < 1.29 is 31.1 Å². The van der Waals surface area contributed by atoms with Crippen LogP contribution in [0.3, 0.4) is 0 Å². The number of hydrogen-bond acceptors (Lipinski definition) is 8. The summed E-state index contributed by atoms with van der Waals surface area (Å²) in [7, 11) is 0. The number of alkyl halides is 3. The van der Waals surface area contributed by atoms with E-state index in [-0.39, 0.29) is 52.3 Å².